The van der Waals surface area contributed by atoms with E-state index in [1.165, 1.54) is 0 Å². The number of hydrogen-bond donors (Lipinski definition) is 1. The molecular formula is C9H12NO. The molecule has 0 unspecified atom stereocenters. The summed E-state index contributed by atoms with van der Waals surface area (Å²) >= 11 is 0. The van der Waals surface area contributed by atoms with Crippen LogP contribution in [0.5, 0.6) is 0 Å². The second kappa shape index (κ2) is 3.86. The Balaban J connectivity index is 2.52. The van der Waals surface area contributed by atoms with E-state index in [4.69, 9.17) is 4.74 Å². The first kappa shape index (κ1) is 7.92. The smallest absolute Gasteiger partial charge is 0.117 e. The molecule has 0 aliphatic carbocycles. The van der Waals surface area contributed by atoms with Crippen LogP contribution in [0.25, 0.3) is 0 Å². The lowest BCUT2D eigenvalue weighted by Crippen LogP contribution is -2.14. The maximum atomic E-state index is 5.22. The second-order valence-electron chi connectivity index (χ2n) is 2.22. The Morgan fingerprint density at radius 3 is 3.27 bits per heavy atom. The minimum Gasteiger partial charge on any atom is -0.494 e. The summed E-state index contributed by atoms with van der Waals surface area (Å²) in [5, 5.41) is 3.03. The number of allylic oxidation sites excluding steroid dienone is 2. The highest BCUT2D eigenvalue weighted by atomic mass is 16.5. The molecule has 0 aromatic heterocycles. The first-order valence-corrected chi connectivity index (χ1v) is 3.67. The van der Waals surface area contributed by atoms with Crippen molar-refractivity contribution in [2.24, 2.45) is 0 Å². The van der Waals surface area contributed by atoms with Crippen molar-refractivity contribution >= 4 is 0 Å². The van der Waals surface area contributed by atoms with Crippen LogP contribution >= 0.6 is 0 Å². The van der Waals surface area contributed by atoms with Gasteiger partial charge in [-0.15, -0.1) is 0 Å². The zero-order chi connectivity index (χ0) is 8.10. The van der Waals surface area contributed by atoms with Crippen molar-refractivity contribution in [3.05, 3.63) is 36.3 Å². The van der Waals surface area contributed by atoms with E-state index in [2.05, 4.69) is 18.0 Å². The van der Waals surface area contributed by atoms with E-state index in [0.717, 1.165) is 17.9 Å². The molecule has 0 aromatic rings. The summed E-state index contributed by atoms with van der Waals surface area (Å²) < 4.78 is 5.22. The molecule has 1 N–H and O–H groups in total. The standard InChI is InChI=1S/C9H12NO/c1-3-11-8(2)9-5-4-6-10-7-9/h5-6,10H,2-3,7H2,1H3. The topological polar surface area (TPSA) is 21.3 Å². The molecule has 0 saturated heterocycles. The van der Waals surface area contributed by atoms with Crippen molar-refractivity contribution in [2.45, 2.75) is 6.92 Å². The molecule has 11 heavy (non-hydrogen) atoms. The Morgan fingerprint density at radius 2 is 2.73 bits per heavy atom. The van der Waals surface area contributed by atoms with E-state index in [-0.39, 0.29) is 0 Å². The van der Waals surface area contributed by atoms with Gasteiger partial charge in [0.15, 0.2) is 0 Å². The zero-order valence-corrected chi connectivity index (χ0v) is 6.68. The van der Waals surface area contributed by atoms with Crippen molar-refractivity contribution in [3.63, 3.8) is 0 Å². The van der Waals surface area contributed by atoms with Crippen LogP contribution in [0.2, 0.25) is 0 Å². The predicted octanol–water partition coefficient (Wildman–Crippen LogP) is 1.38. The summed E-state index contributed by atoms with van der Waals surface area (Å²) in [6.07, 6.45) is 6.60. The molecule has 0 amide bonds. The van der Waals surface area contributed by atoms with Gasteiger partial charge >= 0.3 is 0 Å². The largest absolute Gasteiger partial charge is 0.494 e. The molecule has 0 bridgehead atoms. The van der Waals surface area contributed by atoms with Crippen LogP contribution < -0.4 is 5.32 Å². The van der Waals surface area contributed by atoms with Gasteiger partial charge in [-0.25, -0.2) is 0 Å². The average molecular weight is 150 g/mol. The molecule has 1 rings (SSSR count). The molecule has 0 aromatic carbocycles. The lowest BCUT2D eigenvalue weighted by Gasteiger charge is -2.12. The molecule has 0 atom stereocenters. The average Bonchev–Trinajstić information content (AvgIpc) is 2.07. The van der Waals surface area contributed by atoms with Gasteiger partial charge in [0.25, 0.3) is 0 Å². The molecule has 0 fully saturated rings. The van der Waals surface area contributed by atoms with E-state index >= 15 is 0 Å². The van der Waals surface area contributed by atoms with Crippen LogP contribution in [-0.2, 0) is 4.74 Å². The lowest BCUT2D eigenvalue weighted by atomic mass is 10.2. The summed E-state index contributed by atoms with van der Waals surface area (Å²) in [7, 11) is 0. The summed E-state index contributed by atoms with van der Waals surface area (Å²) in [6.45, 7) is 7.18. The Kier molecular flexibility index (Phi) is 2.78. The summed E-state index contributed by atoms with van der Waals surface area (Å²) in [4.78, 5) is 0. The summed E-state index contributed by atoms with van der Waals surface area (Å²) in [6, 6.07) is 0. The highest BCUT2D eigenvalue weighted by Crippen LogP contribution is 2.09. The predicted molar refractivity (Wildman–Crippen MR) is 44.7 cm³/mol. The van der Waals surface area contributed by atoms with Gasteiger partial charge in [0.05, 0.1) is 6.61 Å². The monoisotopic (exact) mass is 150 g/mol. The highest BCUT2D eigenvalue weighted by molar-refractivity contribution is 5.29. The van der Waals surface area contributed by atoms with E-state index in [0.29, 0.717) is 6.61 Å². The van der Waals surface area contributed by atoms with Crippen LogP contribution in [0, 0.1) is 6.08 Å². The highest BCUT2D eigenvalue weighted by Gasteiger charge is 2.03. The number of nitrogens with one attached hydrogen (secondary N) is 1. The third-order valence-electron chi connectivity index (χ3n) is 1.41. The molecular weight excluding hydrogens is 138 g/mol. The van der Waals surface area contributed by atoms with E-state index in [9.17, 15) is 0 Å². The van der Waals surface area contributed by atoms with Crippen molar-refractivity contribution in [1.82, 2.24) is 5.32 Å². The molecule has 59 valence electrons. The fourth-order valence-electron chi connectivity index (χ4n) is 0.859. The summed E-state index contributed by atoms with van der Waals surface area (Å²) in [5.74, 6) is 0.737. The van der Waals surface area contributed by atoms with Crippen LogP contribution in [0.3, 0.4) is 0 Å². The van der Waals surface area contributed by atoms with Crippen LogP contribution in [0.1, 0.15) is 6.92 Å². The van der Waals surface area contributed by atoms with E-state index in [1.807, 2.05) is 13.0 Å². The molecule has 1 radical (unpaired) electrons. The Hall–Kier alpha value is -1.18. The van der Waals surface area contributed by atoms with Crippen LogP contribution in [0.4, 0.5) is 0 Å². The first-order chi connectivity index (χ1) is 5.34. The quantitative estimate of drug-likeness (QED) is 0.614. The Labute approximate surface area is 67.2 Å². The molecule has 1 aliphatic heterocycles. The van der Waals surface area contributed by atoms with Gasteiger partial charge in [0.1, 0.15) is 5.76 Å². The Morgan fingerprint density at radius 1 is 1.91 bits per heavy atom. The van der Waals surface area contributed by atoms with Gasteiger partial charge in [-0.2, -0.15) is 0 Å². The fraction of sp³-hybridized carbons (Fsp3) is 0.333. The third-order valence-corrected chi connectivity index (χ3v) is 1.41. The van der Waals surface area contributed by atoms with E-state index in [1.54, 1.807) is 6.20 Å². The van der Waals surface area contributed by atoms with Gasteiger partial charge < -0.3 is 10.1 Å². The number of dihydropyridines is 1. The van der Waals surface area contributed by atoms with Gasteiger partial charge in [-0.3, -0.25) is 0 Å². The van der Waals surface area contributed by atoms with E-state index < -0.39 is 0 Å². The first-order valence-electron chi connectivity index (χ1n) is 3.67. The second-order valence-corrected chi connectivity index (χ2v) is 2.22. The maximum absolute atomic E-state index is 5.22. The normalized spacial score (nSPS) is 15.2. The Bertz CT molecular complexity index is 204. The number of ether oxygens (including phenoxy) is 1. The fourth-order valence-corrected chi connectivity index (χ4v) is 0.859. The number of rotatable bonds is 3. The SMILES string of the molecule is C=C(OCC)C1=C[C]=CNC1. The van der Waals surface area contributed by atoms with Gasteiger partial charge in [0.2, 0.25) is 0 Å². The van der Waals surface area contributed by atoms with Gasteiger partial charge in [-0.1, -0.05) is 6.58 Å². The zero-order valence-electron chi connectivity index (χ0n) is 6.68. The number of hydrogen-bond acceptors (Lipinski definition) is 2. The van der Waals surface area contributed by atoms with Crippen LogP contribution in [-0.4, -0.2) is 13.2 Å². The van der Waals surface area contributed by atoms with Crippen molar-refractivity contribution in [2.75, 3.05) is 13.2 Å². The molecule has 2 nitrogen and oxygen atoms in total. The minimum absolute atomic E-state index is 0.667. The molecule has 2 heteroatoms. The summed E-state index contributed by atoms with van der Waals surface area (Å²) in [5.41, 5.74) is 1.06. The molecule has 1 aliphatic rings. The lowest BCUT2D eigenvalue weighted by molar-refractivity contribution is 0.238. The van der Waals surface area contributed by atoms with Gasteiger partial charge in [-0.05, 0) is 19.1 Å². The third kappa shape index (κ3) is 2.15. The maximum Gasteiger partial charge on any atom is 0.117 e. The van der Waals surface area contributed by atoms with Crippen molar-refractivity contribution in [3.8, 4) is 0 Å². The van der Waals surface area contributed by atoms with Gasteiger partial charge in [0, 0.05) is 18.3 Å². The molecule has 1 heterocycles. The van der Waals surface area contributed by atoms with Crippen molar-refractivity contribution in [1.29, 1.82) is 0 Å². The molecule has 0 saturated carbocycles. The molecule has 0 spiro atoms. The minimum atomic E-state index is 0.667. The van der Waals surface area contributed by atoms with Crippen molar-refractivity contribution < 1.29 is 4.74 Å². The van der Waals surface area contributed by atoms with Crippen LogP contribution in [0.15, 0.2) is 30.2 Å².